The molecule has 2 rings (SSSR count). The van der Waals surface area contributed by atoms with Gasteiger partial charge in [-0.3, -0.25) is 0 Å². The molecule has 0 saturated heterocycles. The van der Waals surface area contributed by atoms with Crippen LogP contribution in [0.5, 0.6) is 5.75 Å². The molecule has 0 saturated carbocycles. The lowest BCUT2D eigenvalue weighted by Gasteiger charge is -2.08. The lowest BCUT2D eigenvalue weighted by atomic mass is 10.1. The van der Waals surface area contributed by atoms with Gasteiger partial charge in [0.15, 0.2) is 0 Å². The molecule has 4 nitrogen and oxygen atoms in total. The van der Waals surface area contributed by atoms with E-state index in [1.54, 1.807) is 6.26 Å². The number of rotatable bonds is 10. The van der Waals surface area contributed by atoms with Gasteiger partial charge in [0.05, 0.1) is 12.3 Å². The van der Waals surface area contributed by atoms with Gasteiger partial charge in [-0.2, -0.15) is 0 Å². The van der Waals surface area contributed by atoms with Crippen LogP contribution in [-0.4, -0.2) is 25.5 Å². The summed E-state index contributed by atoms with van der Waals surface area (Å²) in [5.74, 6) is 0.933. The average Bonchev–Trinajstić information content (AvgIpc) is 2.64. The lowest BCUT2D eigenvalue weighted by molar-refractivity contribution is 0.125. The van der Waals surface area contributed by atoms with Gasteiger partial charge in [-0.05, 0) is 43.9 Å². The number of para-hydroxylation sites is 1. The Morgan fingerprint density at radius 1 is 1.00 bits per heavy atom. The molecule has 0 aromatic heterocycles. The van der Waals surface area contributed by atoms with Crippen LogP contribution in [0.4, 0.5) is 0 Å². The van der Waals surface area contributed by atoms with Crippen molar-refractivity contribution in [1.82, 2.24) is 0 Å². The molecular formula is C19H29NO3. The quantitative estimate of drug-likeness (QED) is 0.572. The fourth-order valence-electron chi connectivity index (χ4n) is 2.01. The summed E-state index contributed by atoms with van der Waals surface area (Å²) >= 11 is 0. The van der Waals surface area contributed by atoms with Crippen LogP contribution in [-0.2, 0) is 9.57 Å². The Morgan fingerprint density at radius 3 is 2.48 bits per heavy atom. The fourth-order valence-corrected chi connectivity index (χ4v) is 2.01. The zero-order chi connectivity index (χ0) is 16.6. The summed E-state index contributed by atoms with van der Waals surface area (Å²) in [7, 11) is 0. The highest BCUT2D eigenvalue weighted by molar-refractivity contribution is 5.85. The minimum atomic E-state index is 0.744. The number of unbranched alkanes of at least 4 members (excludes halogenated alkanes) is 1. The average molecular weight is 319 g/mol. The molecule has 1 aliphatic rings. The first-order valence-corrected chi connectivity index (χ1v) is 8.57. The maximum Gasteiger partial charge on any atom is 0.119 e. The third-order valence-corrected chi connectivity index (χ3v) is 3.14. The predicted molar refractivity (Wildman–Crippen MR) is 94.8 cm³/mol. The minimum Gasteiger partial charge on any atom is -0.494 e. The van der Waals surface area contributed by atoms with Gasteiger partial charge in [0, 0.05) is 19.6 Å². The fraction of sp³-hybridized carbons (Fsp3) is 0.526. The van der Waals surface area contributed by atoms with Gasteiger partial charge in [-0.15, -0.1) is 0 Å². The number of nitrogens with zero attached hydrogens (tertiary/aromatic N) is 1. The Hall–Kier alpha value is -1.81. The van der Waals surface area contributed by atoms with Gasteiger partial charge >= 0.3 is 0 Å². The molecule has 0 radical (unpaired) electrons. The summed E-state index contributed by atoms with van der Waals surface area (Å²) in [5.41, 5.74) is 1.09. The summed E-state index contributed by atoms with van der Waals surface area (Å²) in [4.78, 5) is 4.89. The van der Waals surface area contributed by atoms with E-state index in [-0.39, 0.29) is 0 Å². The first-order chi connectivity index (χ1) is 11.4. The van der Waals surface area contributed by atoms with Crippen molar-refractivity contribution in [3.8, 4) is 5.75 Å². The zero-order valence-corrected chi connectivity index (χ0v) is 14.4. The van der Waals surface area contributed by atoms with E-state index >= 15 is 0 Å². The molecular weight excluding hydrogens is 290 g/mol. The molecule has 0 amide bonds. The van der Waals surface area contributed by atoms with Crippen molar-refractivity contribution in [3.05, 3.63) is 42.7 Å². The summed E-state index contributed by atoms with van der Waals surface area (Å²) < 4.78 is 11.2. The van der Waals surface area contributed by atoms with Crippen LogP contribution in [0, 0.1) is 0 Å². The normalized spacial score (nSPS) is 12.7. The van der Waals surface area contributed by atoms with Crippen molar-refractivity contribution < 1.29 is 14.3 Å². The molecule has 1 aromatic carbocycles. The second-order valence-electron chi connectivity index (χ2n) is 4.92. The minimum absolute atomic E-state index is 0.744. The van der Waals surface area contributed by atoms with E-state index in [1.807, 2.05) is 50.3 Å². The summed E-state index contributed by atoms with van der Waals surface area (Å²) in [5, 5.41) is 3.97. The second-order valence-corrected chi connectivity index (χ2v) is 4.92. The number of ether oxygens (including phenoxy) is 2. The molecule has 23 heavy (non-hydrogen) atoms. The highest BCUT2D eigenvalue weighted by Crippen LogP contribution is 2.09. The van der Waals surface area contributed by atoms with Crippen molar-refractivity contribution in [1.29, 1.82) is 0 Å². The molecule has 1 aromatic rings. The Labute approximate surface area is 140 Å². The SMILES string of the molecule is C1=CON=C(CCCOCCCCOc2ccccc2)C1.CC. The molecule has 1 aliphatic heterocycles. The summed E-state index contributed by atoms with van der Waals surface area (Å²) in [6.07, 6.45) is 8.49. The topological polar surface area (TPSA) is 40.0 Å². The van der Waals surface area contributed by atoms with E-state index < -0.39 is 0 Å². The number of oxime groups is 1. The van der Waals surface area contributed by atoms with Crippen molar-refractivity contribution in [3.63, 3.8) is 0 Å². The van der Waals surface area contributed by atoms with E-state index in [1.165, 1.54) is 0 Å². The van der Waals surface area contributed by atoms with Crippen LogP contribution in [0.2, 0.25) is 0 Å². The van der Waals surface area contributed by atoms with Crippen LogP contribution in [0.15, 0.2) is 47.8 Å². The first-order valence-electron chi connectivity index (χ1n) is 8.57. The van der Waals surface area contributed by atoms with Crippen LogP contribution < -0.4 is 4.74 Å². The van der Waals surface area contributed by atoms with Crippen LogP contribution >= 0.6 is 0 Å². The first kappa shape index (κ1) is 19.2. The summed E-state index contributed by atoms with van der Waals surface area (Å²) in [6, 6.07) is 9.90. The van der Waals surface area contributed by atoms with Gasteiger partial charge in [0.1, 0.15) is 12.0 Å². The smallest absolute Gasteiger partial charge is 0.119 e. The molecule has 0 N–H and O–H groups in total. The summed E-state index contributed by atoms with van der Waals surface area (Å²) in [6.45, 7) is 6.32. The standard InChI is InChI=1S/C17H23NO3.C2H6/c1-2-10-17(11-3-1)20-14-5-4-12-19-13-6-8-16-9-7-15-21-18-16;1-2/h1-3,7,10-11,15H,4-6,8-9,12-14H2;1-2H3. The van der Waals surface area contributed by atoms with Gasteiger partial charge < -0.3 is 14.3 Å². The van der Waals surface area contributed by atoms with Crippen molar-refractivity contribution in [2.24, 2.45) is 5.16 Å². The largest absolute Gasteiger partial charge is 0.494 e. The van der Waals surface area contributed by atoms with Gasteiger partial charge in [-0.25, -0.2) is 0 Å². The van der Waals surface area contributed by atoms with Crippen molar-refractivity contribution >= 4 is 5.71 Å². The second kappa shape index (κ2) is 13.8. The molecule has 0 fully saturated rings. The maximum atomic E-state index is 5.62. The Bertz CT molecular complexity index is 443. The Balaban J connectivity index is 0.00000127. The van der Waals surface area contributed by atoms with Crippen LogP contribution in [0.1, 0.15) is 46.0 Å². The maximum absolute atomic E-state index is 5.62. The number of hydrogen-bond acceptors (Lipinski definition) is 4. The molecule has 1 heterocycles. The highest BCUT2D eigenvalue weighted by atomic mass is 16.6. The molecule has 0 atom stereocenters. The molecule has 128 valence electrons. The van der Waals surface area contributed by atoms with Crippen molar-refractivity contribution in [2.75, 3.05) is 19.8 Å². The lowest BCUT2D eigenvalue weighted by Crippen LogP contribution is -2.05. The molecule has 0 bridgehead atoms. The number of allylic oxidation sites excluding steroid dienone is 1. The monoisotopic (exact) mass is 319 g/mol. The molecule has 0 unspecified atom stereocenters. The number of hydrogen-bond donors (Lipinski definition) is 0. The molecule has 0 aliphatic carbocycles. The Morgan fingerprint density at radius 2 is 1.74 bits per heavy atom. The van der Waals surface area contributed by atoms with Gasteiger partial charge in [-0.1, -0.05) is 37.2 Å². The predicted octanol–water partition coefficient (Wildman–Crippen LogP) is 4.96. The van der Waals surface area contributed by atoms with Gasteiger partial charge in [0.25, 0.3) is 0 Å². The van der Waals surface area contributed by atoms with Crippen molar-refractivity contribution in [2.45, 2.75) is 46.0 Å². The third-order valence-electron chi connectivity index (χ3n) is 3.14. The van der Waals surface area contributed by atoms with Crippen LogP contribution in [0.25, 0.3) is 0 Å². The Kier molecular flexibility index (Phi) is 11.6. The third kappa shape index (κ3) is 9.74. The van der Waals surface area contributed by atoms with E-state index in [0.717, 1.165) is 63.4 Å². The van der Waals surface area contributed by atoms with Crippen LogP contribution in [0.3, 0.4) is 0 Å². The van der Waals surface area contributed by atoms with E-state index in [2.05, 4.69) is 5.16 Å². The van der Waals surface area contributed by atoms with E-state index in [9.17, 15) is 0 Å². The number of benzene rings is 1. The zero-order valence-electron chi connectivity index (χ0n) is 14.4. The van der Waals surface area contributed by atoms with E-state index in [4.69, 9.17) is 14.3 Å². The molecule has 4 heteroatoms. The van der Waals surface area contributed by atoms with E-state index in [0.29, 0.717) is 0 Å². The highest BCUT2D eigenvalue weighted by Gasteiger charge is 2.02. The molecule has 0 spiro atoms. The van der Waals surface area contributed by atoms with Gasteiger partial charge in [0.2, 0.25) is 0 Å².